The van der Waals surface area contributed by atoms with Gasteiger partial charge < -0.3 is 9.80 Å². The highest BCUT2D eigenvalue weighted by Gasteiger charge is 2.32. The summed E-state index contributed by atoms with van der Waals surface area (Å²) in [4.78, 5) is 29.0. The van der Waals surface area contributed by atoms with Crippen molar-refractivity contribution >= 4 is 11.8 Å². The molecular formula is C20H23FN4O2. The second-order valence-electron chi connectivity index (χ2n) is 7.28. The number of fused-ring (bicyclic) bond motifs is 1. The maximum absolute atomic E-state index is 13.7. The molecule has 2 aromatic rings. The fourth-order valence-electron chi connectivity index (χ4n) is 3.96. The molecule has 27 heavy (non-hydrogen) atoms. The Hall–Kier alpha value is -2.70. The van der Waals surface area contributed by atoms with Crippen molar-refractivity contribution in [3.05, 3.63) is 53.1 Å². The summed E-state index contributed by atoms with van der Waals surface area (Å²) >= 11 is 0. The molecule has 1 aromatic carbocycles. The maximum Gasteiger partial charge on any atom is 0.274 e. The molecule has 6 nitrogen and oxygen atoms in total. The lowest BCUT2D eigenvalue weighted by Gasteiger charge is -2.30. The molecule has 0 spiro atoms. The van der Waals surface area contributed by atoms with E-state index < -0.39 is 0 Å². The van der Waals surface area contributed by atoms with Crippen LogP contribution in [0.5, 0.6) is 0 Å². The molecule has 0 radical (unpaired) electrons. The number of carbonyl (C=O) groups excluding carboxylic acids is 2. The molecule has 0 N–H and O–H groups in total. The zero-order valence-electron chi connectivity index (χ0n) is 15.4. The van der Waals surface area contributed by atoms with E-state index in [2.05, 4.69) is 5.10 Å². The van der Waals surface area contributed by atoms with Crippen LogP contribution in [0.3, 0.4) is 0 Å². The average Bonchev–Trinajstić information content (AvgIpc) is 2.95. The van der Waals surface area contributed by atoms with E-state index in [9.17, 15) is 14.0 Å². The smallest absolute Gasteiger partial charge is 0.274 e. The third kappa shape index (κ3) is 3.34. The largest absolute Gasteiger partial charge is 0.339 e. The molecule has 142 valence electrons. The highest BCUT2D eigenvalue weighted by Crippen LogP contribution is 2.31. The zero-order chi connectivity index (χ0) is 19.0. The molecule has 1 saturated heterocycles. The number of rotatable bonds is 2. The van der Waals surface area contributed by atoms with Crippen molar-refractivity contribution in [1.29, 1.82) is 0 Å². The van der Waals surface area contributed by atoms with Crippen LogP contribution in [0.4, 0.5) is 4.39 Å². The third-order valence-corrected chi connectivity index (χ3v) is 5.46. The predicted octanol–water partition coefficient (Wildman–Crippen LogP) is 2.87. The van der Waals surface area contributed by atoms with Crippen LogP contribution in [0.2, 0.25) is 0 Å². The van der Waals surface area contributed by atoms with Crippen molar-refractivity contribution in [2.75, 3.05) is 20.1 Å². The first kappa shape index (κ1) is 17.7. The van der Waals surface area contributed by atoms with Gasteiger partial charge in [0.25, 0.3) is 11.8 Å². The Balaban J connectivity index is 1.66. The zero-order valence-corrected chi connectivity index (χ0v) is 15.4. The normalized spacial score (nSPS) is 20.4. The Morgan fingerprint density at radius 1 is 1.15 bits per heavy atom. The van der Waals surface area contributed by atoms with Crippen LogP contribution in [0, 0.1) is 5.82 Å². The summed E-state index contributed by atoms with van der Waals surface area (Å²) in [5.41, 5.74) is 1.55. The Morgan fingerprint density at radius 3 is 2.81 bits per heavy atom. The molecule has 7 heteroatoms. The Morgan fingerprint density at radius 2 is 2.00 bits per heavy atom. The Bertz CT molecular complexity index is 879. The lowest BCUT2D eigenvalue weighted by atomic mass is 10.0. The first-order valence-corrected chi connectivity index (χ1v) is 9.44. The summed E-state index contributed by atoms with van der Waals surface area (Å²) in [5, 5.41) is 4.39. The van der Waals surface area contributed by atoms with Gasteiger partial charge in [-0.05, 0) is 30.5 Å². The molecule has 0 saturated carbocycles. The number of hydrogen-bond donors (Lipinski definition) is 0. The number of carbonyl (C=O) groups is 2. The minimum absolute atomic E-state index is 0.120. The molecular weight excluding hydrogens is 347 g/mol. The van der Waals surface area contributed by atoms with Gasteiger partial charge >= 0.3 is 0 Å². The molecule has 0 aliphatic carbocycles. The SMILES string of the molecule is CN1CCn2nc(C(=O)N3CCCCCC3c3cccc(F)c3)cc2C1=O. The van der Waals surface area contributed by atoms with Crippen LogP contribution < -0.4 is 0 Å². The van der Waals surface area contributed by atoms with Crippen molar-refractivity contribution in [2.24, 2.45) is 0 Å². The number of likely N-dealkylation sites (N-methyl/N-ethyl adjacent to an activating group) is 1. The molecule has 2 amide bonds. The van der Waals surface area contributed by atoms with E-state index in [1.165, 1.54) is 12.1 Å². The van der Waals surface area contributed by atoms with Gasteiger partial charge in [0.15, 0.2) is 5.69 Å². The van der Waals surface area contributed by atoms with Gasteiger partial charge in [0.1, 0.15) is 11.5 Å². The van der Waals surface area contributed by atoms with Crippen molar-refractivity contribution < 1.29 is 14.0 Å². The predicted molar refractivity (Wildman–Crippen MR) is 97.8 cm³/mol. The lowest BCUT2D eigenvalue weighted by molar-refractivity contribution is 0.0671. The summed E-state index contributed by atoms with van der Waals surface area (Å²) in [7, 11) is 1.75. The fourth-order valence-corrected chi connectivity index (χ4v) is 3.96. The summed E-state index contributed by atoms with van der Waals surface area (Å²) in [6.45, 7) is 1.77. The molecule has 0 bridgehead atoms. The highest BCUT2D eigenvalue weighted by molar-refractivity contribution is 5.98. The Kier molecular flexibility index (Phi) is 4.68. The van der Waals surface area contributed by atoms with Crippen molar-refractivity contribution in [3.8, 4) is 0 Å². The minimum atomic E-state index is -0.296. The molecule has 1 fully saturated rings. The number of amides is 2. The average molecular weight is 370 g/mol. The van der Waals surface area contributed by atoms with Crippen LogP contribution in [-0.4, -0.2) is 51.5 Å². The van der Waals surface area contributed by atoms with Crippen LogP contribution in [0.15, 0.2) is 30.3 Å². The fraction of sp³-hybridized carbons (Fsp3) is 0.450. The van der Waals surface area contributed by atoms with Gasteiger partial charge in [-0.2, -0.15) is 5.10 Å². The van der Waals surface area contributed by atoms with Gasteiger partial charge in [0, 0.05) is 26.2 Å². The molecule has 2 aliphatic heterocycles. The van der Waals surface area contributed by atoms with E-state index in [1.54, 1.807) is 33.7 Å². The topological polar surface area (TPSA) is 58.4 Å². The first-order valence-electron chi connectivity index (χ1n) is 9.44. The summed E-state index contributed by atoms with van der Waals surface area (Å²) in [6.07, 6.45) is 3.74. The van der Waals surface area contributed by atoms with E-state index in [4.69, 9.17) is 0 Å². The summed E-state index contributed by atoms with van der Waals surface area (Å²) in [5.74, 6) is -0.607. The van der Waals surface area contributed by atoms with Gasteiger partial charge in [-0.1, -0.05) is 25.0 Å². The molecule has 1 aromatic heterocycles. The lowest BCUT2D eigenvalue weighted by Crippen LogP contribution is -2.37. The summed E-state index contributed by atoms with van der Waals surface area (Å²) in [6, 6.07) is 7.89. The standard InChI is InChI=1S/C20H23FN4O2/c1-23-10-11-25-18(20(23)27)13-16(22-25)19(26)24-9-4-2-3-8-17(24)14-6-5-7-15(21)12-14/h5-7,12-13,17H,2-4,8-11H2,1H3. The van der Waals surface area contributed by atoms with Gasteiger partial charge in [0.2, 0.25) is 0 Å². The first-order chi connectivity index (χ1) is 13.0. The van der Waals surface area contributed by atoms with Gasteiger partial charge in [-0.15, -0.1) is 0 Å². The van der Waals surface area contributed by atoms with Crippen LogP contribution in [0.1, 0.15) is 58.3 Å². The van der Waals surface area contributed by atoms with Gasteiger partial charge in [0.05, 0.1) is 12.6 Å². The van der Waals surface area contributed by atoms with E-state index in [0.29, 0.717) is 25.3 Å². The number of likely N-dealkylation sites (tertiary alicyclic amines) is 1. The number of aromatic nitrogens is 2. The monoisotopic (exact) mass is 370 g/mol. The second-order valence-corrected chi connectivity index (χ2v) is 7.28. The number of nitrogens with zero attached hydrogens (tertiary/aromatic N) is 4. The van der Waals surface area contributed by atoms with E-state index >= 15 is 0 Å². The maximum atomic E-state index is 13.7. The minimum Gasteiger partial charge on any atom is -0.339 e. The van der Waals surface area contributed by atoms with Gasteiger partial charge in [-0.3, -0.25) is 14.3 Å². The van der Waals surface area contributed by atoms with E-state index in [0.717, 1.165) is 31.2 Å². The second kappa shape index (κ2) is 7.13. The number of benzene rings is 1. The molecule has 1 atom stereocenters. The Labute approximate surface area is 157 Å². The van der Waals surface area contributed by atoms with E-state index in [-0.39, 0.29) is 29.4 Å². The van der Waals surface area contributed by atoms with Crippen molar-refractivity contribution in [2.45, 2.75) is 38.3 Å². The molecule has 1 unspecified atom stereocenters. The molecule has 3 heterocycles. The van der Waals surface area contributed by atoms with Gasteiger partial charge in [-0.25, -0.2) is 4.39 Å². The number of halogens is 1. The third-order valence-electron chi connectivity index (χ3n) is 5.46. The van der Waals surface area contributed by atoms with Crippen LogP contribution in [0.25, 0.3) is 0 Å². The molecule has 2 aliphatic rings. The van der Waals surface area contributed by atoms with Crippen molar-refractivity contribution in [3.63, 3.8) is 0 Å². The van der Waals surface area contributed by atoms with Crippen LogP contribution >= 0.6 is 0 Å². The highest BCUT2D eigenvalue weighted by atomic mass is 19.1. The quantitative estimate of drug-likeness (QED) is 0.817. The number of hydrogen-bond acceptors (Lipinski definition) is 3. The van der Waals surface area contributed by atoms with Crippen LogP contribution in [-0.2, 0) is 6.54 Å². The van der Waals surface area contributed by atoms with E-state index in [1.807, 2.05) is 6.07 Å². The van der Waals surface area contributed by atoms with Crippen molar-refractivity contribution in [1.82, 2.24) is 19.6 Å². The molecule has 4 rings (SSSR count). The summed E-state index contributed by atoms with van der Waals surface area (Å²) < 4.78 is 15.4.